The predicted octanol–water partition coefficient (Wildman–Crippen LogP) is 4.03. The van der Waals surface area contributed by atoms with Gasteiger partial charge in [-0.3, -0.25) is 14.3 Å². The first kappa shape index (κ1) is 23.6. The first-order valence-electron chi connectivity index (χ1n) is 11.4. The Morgan fingerprint density at radius 2 is 1.58 bits per heavy atom. The molecule has 8 heteroatoms. The van der Waals surface area contributed by atoms with E-state index in [1.54, 1.807) is 23.5 Å². The number of rotatable bonds is 7. The molecule has 0 aliphatic carbocycles. The second-order valence-electron chi connectivity index (χ2n) is 8.76. The van der Waals surface area contributed by atoms with Gasteiger partial charge in [0, 0.05) is 24.3 Å². The third-order valence-electron chi connectivity index (χ3n) is 6.27. The summed E-state index contributed by atoms with van der Waals surface area (Å²) in [6.45, 7) is 0.884. The average molecular weight is 499 g/mol. The van der Waals surface area contributed by atoms with Crippen molar-refractivity contribution in [3.05, 3.63) is 114 Å². The van der Waals surface area contributed by atoms with Gasteiger partial charge in [0.05, 0.1) is 11.3 Å². The third-order valence-corrected chi connectivity index (χ3v) is 7.67. The topological polar surface area (TPSA) is 110 Å². The highest BCUT2D eigenvalue weighted by Gasteiger charge is 2.24. The summed E-state index contributed by atoms with van der Waals surface area (Å²) in [5.41, 5.74) is 8.80. The molecule has 36 heavy (non-hydrogen) atoms. The normalized spacial score (nSPS) is 12.9. The molecule has 0 bridgehead atoms. The highest BCUT2D eigenvalue weighted by atomic mass is 32.2. The summed E-state index contributed by atoms with van der Waals surface area (Å²) in [6.07, 6.45) is 2.23. The summed E-state index contributed by atoms with van der Waals surface area (Å²) in [5.74, 6) is -0.685. The minimum atomic E-state index is -3.85. The number of carbonyl (C=O) groups excluding carboxylic acids is 2. The highest BCUT2D eigenvalue weighted by molar-refractivity contribution is 7.92. The summed E-state index contributed by atoms with van der Waals surface area (Å²) >= 11 is 0. The number of hydrogen-bond acceptors (Lipinski definition) is 4. The minimum Gasteiger partial charge on any atom is -0.366 e. The van der Waals surface area contributed by atoms with Crippen LogP contribution in [-0.2, 0) is 34.3 Å². The van der Waals surface area contributed by atoms with Crippen molar-refractivity contribution in [2.45, 2.75) is 24.4 Å². The molecule has 3 N–H and O–H groups in total. The van der Waals surface area contributed by atoms with Crippen LogP contribution in [0.2, 0.25) is 0 Å². The number of anilines is 1. The van der Waals surface area contributed by atoms with Crippen LogP contribution in [0.15, 0.2) is 89.8 Å². The van der Waals surface area contributed by atoms with Gasteiger partial charge >= 0.3 is 0 Å². The highest BCUT2D eigenvalue weighted by Crippen LogP contribution is 2.28. The molecule has 5 rings (SSSR count). The number of nitrogens with one attached hydrogen (secondary N) is 1. The summed E-state index contributed by atoms with van der Waals surface area (Å²) in [4.78, 5) is 25.8. The van der Waals surface area contributed by atoms with Crippen LogP contribution in [-0.4, -0.2) is 25.1 Å². The van der Waals surface area contributed by atoms with Crippen LogP contribution >= 0.6 is 0 Å². The Kier molecular flexibility index (Phi) is 6.20. The molecule has 0 spiro atoms. The number of carbonyl (C=O) groups is 2. The van der Waals surface area contributed by atoms with Crippen LogP contribution in [0, 0.1) is 6.42 Å². The van der Waals surface area contributed by atoms with Crippen LogP contribution < -0.4 is 10.5 Å². The smallest absolute Gasteiger partial charge is 0.261 e. The molecule has 0 atom stereocenters. The van der Waals surface area contributed by atoms with Gasteiger partial charge in [0.15, 0.2) is 0 Å². The summed E-state index contributed by atoms with van der Waals surface area (Å²) < 4.78 is 28.1. The summed E-state index contributed by atoms with van der Waals surface area (Å²) in [6, 6.07) is 25.0. The van der Waals surface area contributed by atoms with E-state index in [4.69, 9.17) is 5.73 Å². The van der Waals surface area contributed by atoms with Gasteiger partial charge in [0.25, 0.3) is 10.0 Å². The molecule has 0 unspecified atom stereocenters. The minimum absolute atomic E-state index is 0.0214. The van der Waals surface area contributed by atoms with Crippen LogP contribution in [0.1, 0.15) is 27.0 Å². The fraction of sp³-hybridized carbons (Fsp3) is 0.107. The van der Waals surface area contributed by atoms with Crippen LogP contribution in [0.4, 0.5) is 5.69 Å². The SMILES string of the molecule is NC(=O)c1ccc(S(=O)(=O)Nc2ccc3c(c2)CN(C(=O)[CH]Cc2ccc4ccccc4c2)C3)cc1. The predicted molar refractivity (Wildman–Crippen MR) is 138 cm³/mol. The van der Waals surface area contributed by atoms with Gasteiger partial charge in [-0.1, -0.05) is 48.5 Å². The standard InChI is InChI=1S/C28H24N3O4S/c29-28(33)21-9-12-26(13-10-21)36(34,35)30-25-11-8-23-17-31(18-24(23)16-25)27(32)14-6-19-5-7-20-3-1-2-4-22(20)15-19/h1-5,7-16,30H,6,17-18H2,(H2,29,33). The largest absolute Gasteiger partial charge is 0.366 e. The monoisotopic (exact) mass is 498 g/mol. The lowest BCUT2D eigenvalue weighted by Gasteiger charge is -2.15. The number of amides is 2. The maximum Gasteiger partial charge on any atom is 0.261 e. The molecular weight excluding hydrogens is 474 g/mol. The number of hydrogen-bond donors (Lipinski definition) is 2. The van der Waals surface area contributed by atoms with Crippen molar-refractivity contribution in [1.29, 1.82) is 0 Å². The van der Waals surface area contributed by atoms with E-state index in [1.165, 1.54) is 24.3 Å². The second kappa shape index (κ2) is 9.47. The van der Waals surface area contributed by atoms with Gasteiger partial charge < -0.3 is 10.6 Å². The number of primary amides is 1. The van der Waals surface area contributed by atoms with E-state index >= 15 is 0 Å². The molecule has 0 saturated heterocycles. The number of nitrogens with zero attached hydrogens (tertiary/aromatic N) is 1. The Bertz CT molecular complexity index is 1580. The van der Waals surface area contributed by atoms with Crippen molar-refractivity contribution in [3.63, 3.8) is 0 Å². The fourth-order valence-corrected chi connectivity index (χ4v) is 5.38. The maximum atomic E-state index is 12.9. The Balaban J connectivity index is 1.22. The summed E-state index contributed by atoms with van der Waals surface area (Å²) in [5, 5.41) is 2.31. The fourth-order valence-electron chi connectivity index (χ4n) is 4.33. The van der Waals surface area contributed by atoms with Gasteiger partial charge in [-0.25, -0.2) is 8.42 Å². The number of sulfonamides is 1. The molecular formula is C28H24N3O4S. The maximum absolute atomic E-state index is 12.9. The van der Waals surface area contributed by atoms with Crippen molar-refractivity contribution in [1.82, 2.24) is 4.90 Å². The number of nitrogens with two attached hydrogens (primary N) is 1. The molecule has 7 nitrogen and oxygen atoms in total. The van der Waals surface area contributed by atoms with Crippen molar-refractivity contribution in [2.24, 2.45) is 5.73 Å². The zero-order valence-electron chi connectivity index (χ0n) is 19.3. The van der Waals surface area contributed by atoms with Crippen LogP contribution in [0.5, 0.6) is 0 Å². The van der Waals surface area contributed by atoms with E-state index in [2.05, 4.69) is 29.0 Å². The van der Waals surface area contributed by atoms with E-state index < -0.39 is 15.9 Å². The number of benzene rings is 4. The van der Waals surface area contributed by atoms with Crippen molar-refractivity contribution < 1.29 is 18.0 Å². The molecule has 0 aromatic heterocycles. The molecule has 181 valence electrons. The van der Waals surface area contributed by atoms with E-state index in [1.807, 2.05) is 24.3 Å². The Morgan fingerprint density at radius 1 is 0.861 bits per heavy atom. The van der Waals surface area contributed by atoms with Crippen LogP contribution in [0.3, 0.4) is 0 Å². The molecule has 1 aliphatic rings. The van der Waals surface area contributed by atoms with Crippen LogP contribution in [0.25, 0.3) is 10.8 Å². The molecule has 2 amide bonds. The van der Waals surface area contributed by atoms with E-state index in [0.29, 0.717) is 25.2 Å². The van der Waals surface area contributed by atoms with E-state index in [-0.39, 0.29) is 16.4 Å². The molecule has 0 saturated carbocycles. The van der Waals surface area contributed by atoms with E-state index in [9.17, 15) is 18.0 Å². The Hall–Kier alpha value is -4.17. The lowest BCUT2D eigenvalue weighted by molar-refractivity contribution is -0.128. The molecule has 1 radical (unpaired) electrons. The second-order valence-corrected chi connectivity index (χ2v) is 10.4. The van der Waals surface area contributed by atoms with Gasteiger partial charge in [-0.15, -0.1) is 0 Å². The molecule has 4 aromatic rings. The molecule has 1 heterocycles. The average Bonchev–Trinajstić information content (AvgIpc) is 3.30. The molecule has 4 aromatic carbocycles. The first-order valence-corrected chi connectivity index (χ1v) is 12.9. The quantitative estimate of drug-likeness (QED) is 0.401. The van der Waals surface area contributed by atoms with Crippen molar-refractivity contribution in [3.8, 4) is 0 Å². The molecule has 1 aliphatic heterocycles. The zero-order valence-corrected chi connectivity index (χ0v) is 20.2. The van der Waals surface area contributed by atoms with Gasteiger partial charge in [0.2, 0.25) is 11.8 Å². The van der Waals surface area contributed by atoms with E-state index in [0.717, 1.165) is 27.5 Å². The molecule has 0 fully saturated rings. The van der Waals surface area contributed by atoms with Crippen molar-refractivity contribution >= 4 is 38.3 Å². The Labute approximate surface area is 209 Å². The summed E-state index contributed by atoms with van der Waals surface area (Å²) in [7, 11) is -3.85. The first-order chi connectivity index (χ1) is 17.3. The zero-order chi connectivity index (χ0) is 25.3. The lowest BCUT2D eigenvalue weighted by Crippen LogP contribution is -2.26. The lowest BCUT2D eigenvalue weighted by atomic mass is 10.0. The van der Waals surface area contributed by atoms with Gasteiger partial charge in [-0.05, 0) is 70.3 Å². The van der Waals surface area contributed by atoms with Crippen molar-refractivity contribution in [2.75, 3.05) is 4.72 Å². The van der Waals surface area contributed by atoms with Gasteiger partial charge in [0.1, 0.15) is 0 Å². The number of fused-ring (bicyclic) bond motifs is 2. The van der Waals surface area contributed by atoms with Gasteiger partial charge in [-0.2, -0.15) is 0 Å². The third kappa shape index (κ3) is 4.94. The Morgan fingerprint density at radius 3 is 2.33 bits per heavy atom.